The molecule has 174 valence electrons. The van der Waals surface area contributed by atoms with Crippen LogP contribution >= 0.6 is 0 Å². The van der Waals surface area contributed by atoms with Crippen LogP contribution in [0.3, 0.4) is 0 Å². The van der Waals surface area contributed by atoms with Crippen LogP contribution in [-0.2, 0) is 9.53 Å². The number of fused-ring (bicyclic) bond motifs is 1. The number of nitrogens with zero attached hydrogens (tertiary/aromatic N) is 6. The van der Waals surface area contributed by atoms with E-state index in [9.17, 15) is 4.79 Å². The molecule has 3 aromatic rings. The second-order valence-electron chi connectivity index (χ2n) is 8.94. The quantitative estimate of drug-likeness (QED) is 0.609. The smallest absolute Gasteiger partial charge is 0.230 e. The maximum Gasteiger partial charge on any atom is 0.230 e. The summed E-state index contributed by atoms with van der Waals surface area (Å²) < 4.78 is 5.51. The van der Waals surface area contributed by atoms with E-state index in [0.717, 1.165) is 55.2 Å². The summed E-state index contributed by atoms with van der Waals surface area (Å²) in [5.74, 6) is 2.18. The Morgan fingerprint density at radius 2 is 1.91 bits per heavy atom. The topological polar surface area (TPSA) is 112 Å². The van der Waals surface area contributed by atoms with E-state index in [1.54, 1.807) is 11.1 Å². The Morgan fingerprint density at radius 1 is 1.12 bits per heavy atom. The van der Waals surface area contributed by atoms with Gasteiger partial charge < -0.3 is 19.9 Å². The highest BCUT2D eigenvalue weighted by Crippen LogP contribution is 2.30. The fraction of sp³-hybridized carbons (Fsp3) is 0.522. The predicted molar refractivity (Wildman–Crippen MR) is 126 cm³/mol. The highest BCUT2D eigenvalue weighted by Gasteiger charge is 2.28. The standard InChI is InChI=1S/C23H30N8O2/c1-30(2)21(32)15-6-8-16(9-7-15)25-22-26-20(17-4-3-5-19-18(17)14-24-29-19)27-23(28-22)31-10-12-33-13-11-31/h3-5,14-16H,6-13H2,1-2H3,(H,24,29)(H,25,26,27,28)/t15-,16-. The van der Waals surface area contributed by atoms with Gasteiger partial charge in [-0.05, 0) is 31.7 Å². The van der Waals surface area contributed by atoms with E-state index in [-0.39, 0.29) is 17.9 Å². The van der Waals surface area contributed by atoms with Crippen molar-refractivity contribution in [2.75, 3.05) is 50.6 Å². The van der Waals surface area contributed by atoms with E-state index >= 15 is 0 Å². The number of amides is 1. The van der Waals surface area contributed by atoms with Crippen LogP contribution in [0.1, 0.15) is 25.7 Å². The van der Waals surface area contributed by atoms with E-state index < -0.39 is 0 Å². The molecule has 3 heterocycles. The molecule has 0 radical (unpaired) electrons. The van der Waals surface area contributed by atoms with Crippen molar-refractivity contribution in [3.8, 4) is 11.4 Å². The summed E-state index contributed by atoms with van der Waals surface area (Å²) in [6, 6.07) is 6.21. The van der Waals surface area contributed by atoms with Gasteiger partial charge in [-0.1, -0.05) is 12.1 Å². The average molecular weight is 451 g/mol. The highest BCUT2D eigenvalue weighted by atomic mass is 16.5. The molecule has 1 aliphatic carbocycles. The molecule has 2 aliphatic rings. The number of anilines is 2. The molecular formula is C23H30N8O2. The number of rotatable bonds is 5. The first kappa shape index (κ1) is 21.6. The van der Waals surface area contributed by atoms with Gasteiger partial charge in [0, 0.05) is 50.1 Å². The van der Waals surface area contributed by atoms with Gasteiger partial charge in [0.2, 0.25) is 17.8 Å². The molecular weight excluding hydrogens is 420 g/mol. The number of aromatic amines is 1. The largest absolute Gasteiger partial charge is 0.378 e. The van der Waals surface area contributed by atoms with Crippen molar-refractivity contribution in [1.82, 2.24) is 30.0 Å². The fourth-order valence-electron chi connectivity index (χ4n) is 4.65. The summed E-state index contributed by atoms with van der Waals surface area (Å²) in [5, 5.41) is 11.7. The maximum atomic E-state index is 12.3. The van der Waals surface area contributed by atoms with Crippen LogP contribution in [0.25, 0.3) is 22.3 Å². The summed E-state index contributed by atoms with van der Waals surface area (Å²) in [6.07, 6.45) is 5.37. The minimum atomic E-state index is 0.106. The monoisotopic (exact) mass is 450 g/mol. The van der Waals surface area contributed by atoms with Gasteiger partial charge in [-0.15, -0.1) is 0 Å². The Kier molecular flexibility index (Phi) is 6.08. The fourth-order valence-corrected chi connectivity index (χ4v) is 4.65. The summed E-state index contributed by atoms with van der Waals surface area (Å²) in [4.78, 5) is 30.5. The van der Waals surface area contributed by atoms with E-state index in [2.05, 4.69) is 20.4 Å². The van der Waals surface area contributed by atoms with Crippen molar-refractivity contribution in [1.29, 1.82) is 0 Å². The molecule has 1 aliphatic heterocycles. The predicted octanol–water partition coefficient (Wildman–Crippen LogP) is 2.31. The molecule has 0 unspecified atom stereocenters. The van der Waals surface area contributed by atoms with Gasteiger partial charge in [0.15, 0.2) is 5.82 Å². The lowest BCUT2D eigenvalue weighted by atomic mass is 9.85. The number of aromatic nitrogens is 5. The van der Waals surface area contributed by atoms with Gasteiger partial charge in [0.05, 0.1) is 24.9 Å². The lowest BCUT2D eigenvalue weighted by Gasteiger charge is -2.30. The minimum absolute atomic E-state index is 0.106. The first-order valence-corrected chi connectivity index (χ1v) is 11.6. The molecule has 1 amide bonds. The lowest BCUT2D eigenvalue weighted by Crippen LogP contribution is -2.38. The molecule has 0 bridgehead atoms. The van der Waals surface area contributed by atoms with Crippen molar-refractivity contribution in [3.05, 3.63) is 24.4 Å². The lowest BCUT2D eigenvalue weighted by molar-refractivity contribution is -0.133. The van der Waals surface area contributed by atoms with E-state index in [1.807, 2.05) is 32.3 Å². The van der Waals surface area contributed by atoms with Crippen molar-refractivity contribution < 1.29 is 9.53 Å². The zero-order valence-corrected chi connectivity index (χ0v) is 19.1. The Morgan fingerprint density at radius 3 is 2.67 bits per heavy atom. The number of hydrogen-bond donors (Lipinski definition) is 2. The molecule has 0 spiro atoms. The van der Waals surface area contributed by atoms with Gasteiger partial charge >= 0.3 is 0 Å². The normalized spacial score (nSPS) is 21.2. The number of H-pyrrole nitrogens is 1. The first-order valence-electron chi connectivity index (χ1n) is 11.6. The Labute approximate surface area is 192 Å². The maximum absolute atomic E-state index is 12.3. The van der Waals surface area contributed by atoms with Crippen molar-refractivity contribution in [3.63, 3.8) is 0 Å². The number of benzene rings is 1. The number of carbonyl (C=O) groups is 1. The van der Waals surface area contributed by atoms with E-state index in [1.165, 1.54) is 0 Å². The molecule has 2 aromatic heterocycles. The number of carbonyl (C=O) groups excluding carboxylic acids is 1. The van der Waals surface area contributed by atoms with Crippen LogP contribution in [0, 0.1) is 5.92 Å². The van der Waals surface area contributed by atoms with Crippen LogP contribution < -0.4 is 10.2 Å². The zero-order chi connectivity index (χ0) is 22.8. The molecule has 5 rings (SSSR count). The van der Waals surface area contributed by atoms with Gasteiger partial charge in [0.1, 0.15) is 0 Å². The number of hydrogen-bond acceptors (Lipinski definition) is 8. The second kappa shape index (κ2) is 9.30. The molecule has 1 aromatic carbocycles. The van der Waals surface area contributed by atoms with E-state index in [0.29, 0.717) is 30.9 Å². The Bertz CT molecular complexity index is 1120. The van der Waals surface area contributed by atoms with Crippen molar-refractivity contribution in [2.24, 2.45) is 5.92 Å². The molecule has 1 saturated heterocycles. The van der Waals surface area contributed by atoms with Crippen LogP contribution in [-0.4, -0.2) is 82.4 Å². The molecule has 2 N–H and O–H groups in total. The first-order chi connectivity index (χ1) is 16.1. The van der Waals surface area contributed by atoms with Gasteiger partial charge in [-0.25, -0.2) is 0 Å². The summed E-state index contributed by atoms with van der Waals surface area (Å²) in [6.45, 7) is 2.81. The van der Waals surface area contributed by atoms with Crippen LogP contribution in [0.2, 0.25) is 0 Å². The number of morpholine rings is 1. The molecule has 10 heteroatoms. The third-order valence-electron chi connectivity index (χ3n) is 6.49. The molecule has 2 fully saturated rings. The summed E-state index contributed by atoms with van der Waals surface area (Å²) in [5.41, 5.74) is 1.86. The number of ether oxygens (including phenoxy) is 1. The molecule has 10 nitrogen and oxygen atoms in total. The van der Waals surface area contributed by atoms with Crippen molar-refractivity contribution in [2.45, 2.75) is 31.7 Å². The summed E-state index contributed by atoms with van der Waals surface area (Å²) in [7, 11) is 3.65. The van der Waals surface area contributed by atoms with Gasteiger partial charge in [-0.3, -0.25) is 9.89 Å². The van der Waals surface area contributed by atoms with Gasteiger partial charge in [0.25, 0.3) is 0 Å². The van der Waals surface area contributed by atoms with Crippen LogP contribution in [0.4, 0.5) is 11.9 Å². The highest BCUT2D eigenvalue weighted by molar-refractivity contribution is 5.92. The SMILES string of the molecule is CN(C)C(=O)[C@H]1CC[C@H](Nc2nc(-c3cccc4[nH]ncc34)nc(N3CCOCC3)n2)CC1. The Hall–Kier alpha value is -3.27. The zero-order valence-electron chi connectivity index (χ0n) is 19.1. The van der Waals surface area contributed by atoms with Crippen LogP contribution in [0.15, 0.2) is 24.4 Å². The average Bonchev–Trinajstić information content (AvgIpc) is 3.33. The molecule has 1 saturated carbocycles. The summed E-state index contributed by atoms with van der Waals surface area (Å²) >= 11 is 0. The third kappa shape index (κ3) is 4.61. The third-order valence-corrected chi connectivity index (χ3v) is 6.49. The second-order valence-corrected chi connectivity index (χ2v) is 8.94. The molecule has 0 atom stereocenters. The van der Waals surface area contributed by atoms with Gasteiger partial charge in [-0.2, -0.15) is 20.1 Å². The van der Waals surface area contributed by atoms with E-state index in [4.69, 9.17) is 19.7 Å². The molecule has 33 heavy (non-hydrogen) atoms. The van der Waals surface area contributed by atoms with Crippen molar-refractivity contribution >= 4 is 28.7 Å². The Balaban J connectivity index is 1.42. The number of nitrogens with one attached hydrogen (secondary N) is 2. The minimum Gasteiger partial charge on any atom is -0.378 e. The van der Waals surface area contributed by atoms with Crippen LogP contribution in [0.5, 0.6) is 0 Å².